The Morgan fingerprint density at radius 2 is 1.58 bits per heavy atom. The van der Waals surface area contributed by atoms with Gasteiger partial charge in [0, 0.05) is 37.9 Å². The number of piperidine rings is 1. The van der Waals surface area contributed by atoms with Gasteiger partial charge in [-0.2, -0.15) is 0 Å². The van der Waals surface area contributed by atoms with Crippen molar-refractivity contribution in [2.45, 2.75) is 25.8 Å². The number of rotatable bonds is 14. The highest BCUT2D eigenvalue weighted by molar-refractivity contribution is 5.96. The summed E-state index contributed by atoms with van der Waals surface area (Å²) < 4.78 is 5.71. The van der Waals surface area contributed by atoms with Crippen molar-refractivity contribution in [2.75, 3.05) is 44.3 Å². The molecular weight excluding hydrogens is 566 g/mol. The number of nitrogens with one attached hydrogen (secondary N) is 2. The number of aromatic nitrogens is 1. The second kappa shape index (κ2) is 16.5. The molecule has 5 rings (SSSR count). The summed E-state index contributed by atoms with van der Waals surface area (Å²) in [4.78, 5) is 30.5. The Balaban J connectivity index is 1.08. The molecule has 0 saturated carbocycles. The fourth-order valence-corrected chi connectivity index (χ4v) is 5.21. The molecule has 0 aliphatic carbocycles. The van der Waals surface area contributed by atoms with Crippen molar-refractivity contribution in [3.8, 4) is 16.9 Å². The summed E-state index contributed by atoms with van der Waals surface area (Å²) in [6.07, 6.45) is 6.15. The van der Waals surface area contributed by atoms with Gasteiger partial charge in [-0.3, -0.25) is 9.78 Å². The minimum absolute atomic E-state index is 0.0945. The summed E-state index contributed by atoms with van der Waals surface area (Å²) >= 11 is 0. The predicted molar refractivity (Wildman–Crippen MR) is 176 cm³/mol. The number of ether oxygens (including phenoxy) is 1. The second-order valence-electron chi connectivity index (χ2n) is 10.9. The Kier molecular flexibility index (Phi) is 11.7. The normalized spacial score (nSPS) is 13.3. The number of phenolic OH excluding ortho intramolecular Hbond substituents is 1. The maximum absolute atomic E-state index is 13.5. The van der Waals surface area contributed by atoms with Crippen LogP contribution in [0.1, 0.15) is 34.5 Å². The zero-order valence-electron chi connectivity index (χ0n) is 25.4. The highest BCUT2D eigenvalue weighted by Gasteiger charge is 2.28. The van der Waals surface area contributed by atoms with Crippen molar-refractivity contribution >= 4 is 17.6 Å². The van der Waals surface area contributed by atoms with Gasteiger partial charge in [0.25, 0.3) is 0 Å². The van der Waals surface area contributed by atoms with Crippen LogP contribution in [0.15, 0.2) is 97.2 Å². The van der Waals surface area contributed by atoms with Gasteiger partial charge in [-0.1, -0.05) is 66.7 Å². The Bertz CT molecular complexity index is 1510. The van der Waals surface area contributed by atoms with Crippen LogP contribution in [0.3, 0.4) is 0 Å². The van der Waals surface area contributed by atoms with E-state index >= 15 is 0 Å². The van der Waals surface area contributed by atoms with Crippen LogP contribution in [0.4, 0.5) is 10.5 Å². The average molecular weight is 607 g/mol. The van der Waals surface area contributed by atoms with E-state index in [1.165, 1.54) is 0 Å². The van der Waals surface area contributed by atoms with Gasteiger partial charge < -0.3 is 20.5 Å². The molecule has 1 saturated heterocycles. The first-order chi connectivity index (χ1) is 22.1. The number of anilines is 1. The van der Waals surface area contributed by atoms with Crippen LogP contribution < -0.4 is 15.6 Å². The number of Topliss-reactive ketones (excluding diaryl/α,β-unsaturated/α-hetero) is 1. The molecule has 4 aromatic rings. The molecule has 1 fully saturated rings. The quantitative estimate of drug-likeness (QED) is 0.129. The van der Waals surface area contributed by atoms with Crippen molar-refractivity contribution in [2.24, 2.45) is 0 Å². The number of amides is 1. The third-order valence-corrected chi connectivity index (χ3v) is 7.61. The molecule has 1 radical (unpaired) electrons. The minimum atomic E-state index is -0.442. The van der Waals surface area contributed by atoms with Gasteiger partial charge in [-0.05, 0) is 73.2 Å². The number of benzene rings is 3. The number of aromatic hydroxyl groups is 1. The molecule has 9 heteroatoms. The van der Waals surface area contributed by atoms with Gasteiger partial charge in [-0.15, -0.1) is 0 Å². The topological polar surface area (TPSA) is 107 Å². The highest BCUT2D eigenvalue weighted by atomic mass is 16.6. The van der Waals surface area contributed by atoms with E-state index in [1.54, 1.807) is 29.4 Å². The number of pyridine rings is 1. The van der Waals surface area contributed by atoms with Crippen LogP contribution >= 0.6 is 0 Å². The lowest BCUT2D eigenvalue weighted by Gasteiger charge is -2.37. The number of carbonyl (C=O) groups is 2. The third-order valence-electron chi connectivity index (χ3n) is 7.61. The Hall–Kier alpha value is -4.57. The van der Waals surface area contributed by atoms with Crippen molar-refractivity contribution in [3.63, 3.8) is 0 Å². The SMILES string of the molecule is O=C(CNCCOC(=O)N(c1ccccc1-c1ccccc1)N1CC[CH]CC1)c1ccc(CNCCc2ccc(O)cc2)cn1. The average Bonchev–Trinajstić information content (AvgIpc) is 3.09. The molecule has 1 aromatic heterocycles. The molecule has 45 heavy (non-hydrogen) atoms. The molecule has 1 aliphatic heterocycles. The van der Waals surface area contributed by atoms with Gasteiger partial charge in [0.15, 0.2) is 5.78 Å². The molecule has 3 N–H and O–H groups in total. The summed E-state index contributed by atoms with van der Waals surface area (Å²) in [5, 5.41) is 19.5. The Morgan fingerprint density at radius 1 is 0.844 bits per heavy atom. The van der Waals surface area contributed by atoms with E-state index in [0.717, 1.165) is 66.8 Å². The van der Waals surface area contributed by atoms with Gasteiger partial charge in [0.2, 0.25) is 0 Å². The van der Waals surface area contributed by atoms with Gasteiger partial charge in [0.1, 0.15) is 18.1 Å². The molecule has 233 valence electrons. The molecule has 0 atom stereocenters. The molecule has 2 heterocycles. The molecule has 1 aliphatic rings. The van der Waals surface area contributed by atoms with Crippen LogP contribution in [0.5, 0.6) is 5.75 Å². The number of hydrogen-bond acceptors (Lipinski definition) is 8. The lowest BCUT2D eigenvalue weighted by atomic mass is 10.0. The van der Waals surface area contributed by atoms with Crippen molar-refractivity contribution in [1.29, 1.82) is 0 Å². The number of para-hydroxylation sites is 1. The molecule has 0 bridgehead atoms. The fraction of sp³-hybridized carbons (Fsp3) is 0.278. The van der Waals surface area contributed by atoms with Crippen LogP contribution in [-0.2, 0) is 17.7 Å². The van der Waals surface area contributed by atoms with E-state index in [-0.39, 0.29) is 24.7 Å². The zero-order chi connectivity index (χ0) is 31.3. The summed E-state index contributed by atoms with van der Waals surface area (Å²) in [5.41, 5.74) is 5.28. The maximum atomic E-state index is 13.5. The van der Waals surface area contributed by atoms with Crippen molar-refractivity contribution < 1.29 is 19.4 Å². The lowest BCUT2D eigenvalue weighted by Crippen LogP contribution is -2.50. The van der Waals surface area contributed by atoms with Gasteiger partial charge in [-0.25, -0.2) is 14.8 Å². The summed E-state index contributed by atoms with van der Waals surface area (Å²) in [7, 11) is 0. The van der Waals surface area contributed by atoms with Crippen LogP contribution in [0, 0.1) is 6.42 Å². The van der Waals surface area contributed by atoms with Gasteiger partial charge in [0.05, 0.1) is 12.2 Å². The molecular formula is C36H40N5O4. The summed E-state index contributed by atoms with van der Waals surface area (Å²) in [6, 6.07) is 28.7. The van der Waals surface area contributed by atoms with Crippen LogP contribution in [0.2, 0.25) is 0 Å². The summed E-state index contributed by atoms with van der Waals surface area (Å²) in [5.74, 6) is 0.137. The number of hydrogen-bond donors (Lipinski definition) is 3. The Labute approximate surface area is 264 Å². The van der Waals surface area contributed by atoms with Crippen molar-refractivity contribution in [1.82, 2.24) is 20.6 Å². The largest absolute Gasteiger partial charge is 0.508 e. The first-order valence-corrected chi connectivity index (χ1v) is 15.4. The van der Waals surface area contributed by atoms with Crippen LogP contribution in [0.25, 0.3) is 11.1 Å². The highest BCUT2D eigenvalue weighted by Crippen LogP contribution is 2.33. The second-order valence-corrected chi connectivity index (χ2v) is 10.9. The first-order valence-electron chi connectivity index (χ1n) is 15.4. The van der Waals surface area contributed by atoms with E-state index < -0.39 is 6.09 Å². The smallest absolute Gasteiger partial charge is 0.429 e. The van der Waals surface area contributed by atoms with Crippen molar-refractivity contribution in [3.05, 3.63) is 120 Å². The standard InChI is InChI=1S/C36H40N5O4/c42-31-16-13-28(14-17-31)19-20-37-25-29-15-18-33(39-26-29)35(43)27-38-21-24-45-36(44)41(40-22-7-2-8-23-40)34-12-6-5-11-32(34)30-9-3-1-4-10-30/h1-6,9-18,26,37-38,42H,7-8,19-25,27H2. The third kappa shape index (κ3) is 9.21. The summed E-state index contributed by atoms with van der Waals surface area (Å²) in [6.45, 7) is 3.44. The fourth-order valence-electron chi connectivity index (χ4n) is 5.21. The maximum Gasteiger partial charge on any atom is 0.429 e. The minimum Gasteiger partial charge on any atom is -0.508 e. The molecule has 3 aromatic carbocycles. The number of hydrazine groups is 1. The number of phenols is 1. The monoisotopic (exact) mass is 606 g/mol. The molecule has 0 spiro atoms. The van der Waals surface area contributed by atoms with E-state index in [2.05, 4.69) is 22.0 Å². The van der Waals surface area contributed by atoms with E-state index in [0.29, 0.717) is 18.8 Å². The lowest BCUT2D eigenvalue weighted by molar-refractivity contribution is 0.0982. The molecule has 1 amide bonds. The predicted octanol–water partition coefficient (Wildman–Crippen LogP) is 5.42. The van der Waals surface area contributed by atoms with Crippen LogP contribution in [-0.4, -0.2) is 66.3 Å². The molecule has 0 unspecified atom stereocenters. The van der Waals surface area contributed by atoms with E-state index in [9.17, 15) is 14.7 Å². The number of nitrogens with zero attached hydrogens (tertiary/aromatic N) is 3. The first kappa shape index (κ1) is 31.8. The number of ketones is 1. The van der Waals surface area contributed by atoms with E-state index in [4.69, 9.17) is 4.74 Å². The van der Waals surface area contributed by atoms with E-state index in [1.807, 2.05) is 77.8 Å². The molecule has 9 nitrogen and oxygen atoms in total. The number of carbonyl (C=O) groups excluding carboxylic acids is 2. The zero-order valence-corrected chi connectivity index (χ0v) is 25.4. The Morgan fingerprint density at radius 3 is 2.33 bits per heavy atom. The van der Waals surface area contributed by atoms with Gasteiger partial charge >= 0.3 is 6.09 Å².